The molecule has 1 saturated heterocycles. The van der Waals surface area contributed by atoms with Crippen LogP contribution in [0.3, 0.4) is 0 Å². The molecule has 1 aromatic rings. The number of piperidine rings is 1. The molecule has 29 heavy (non-hydrogen) atoms. The van der Waals surface area contributed by atoms with Crippen molar-refractivity contribution >= 4 is 23.6 Å². The Labute approximate surface area is 179 Å². The Morgan fingerprint density at radius 1 is 1.31 bits per heavy atom. The molecule has 0 N–H and O–H groups in total. The number of likely N-dealkylation sites (tertiary alicyclic amines) is 1. The molecule has 1 atom stereocenters. The Morgan fingerprint density at radius 2 is 1.97 bits per heavy atom. The molecule has 7 nitrogen and oxygen atoms in total. The highest BCUT2D eigenvalue weighted by Gasteiger charge is 2.37. The fraction of sp³-hybridized carbons (Fsp3) is 0.762. The normalized spacial score (nSPS) is 18.1. The minimum absolute atomic E-state index is 0.00957. The first kappa shape index (κ1) is 23.5. The second-order valence-corrected chi connectivity index (χ2v) is 10.1. The minimum atomic E-state index is -0.821. The van der Waals surface area contributed by atoms with E-state index in [0.717, 1.165) is 12.8 Å². The largest absolute Gasteiger partial charge is 0.444 e. The predicted molar refractivity (Wildman–Crippen MR) is 114 cm³/mol. The van der Waals surface area contributed by atoms with Gasteiger partial charge in [-0.2, -0.15) is 5.10 Å². The smallest absolute Gasteiger partial charge is 0.410 e. The summed E-state index contributed by atoms with van der Waals surface area (Å²) in [6, 6.07) is 0.0265. The van der Waals surface area contributed by atoms with Gasteiger partial charge in [0.25, 0.3) is 0 Å². The van der Waals surface area contributed by atoms with Crippen molar-refractivity contribution in [2.24, 2.45) is 5.92 Å². The van der Waals surface area contributed by atoms with Crippen molar-refractivity contribution < 1.29 is 14.3 Å². The van der Waals surface area contributed by atoms with Gasteiger partial charge in [-0.25, -0.2) is 4.79 Å². The zero-order chi connectivity index (χ0) is 22.0. The third kappa shape index (κ3) is 6.11. The number of nitrogens with zero attached hydrogens (tertiary/aromatic N) is 4. The molecule has 0 radical (unpaired) electrons. The van der Waals surface area contributed by atoms with E-state index in [9.17, 15) is 9.59 Å². The molecular weight excluding hydrogens is 392 g/mol. The first-order valence-electron chi connectivity index (χ1n) is 10.3. The van der Waals surface area contributed by atoms with E-state index in [-0.39, 0.29) is 24.0 Å². The summed E-state index contributed by atoms with van der Waals surface area (Å²) in [6.45, 7) is 15.2. The molecule has 2 rings (SSSR count). The standard InChI is InChI=1S/C21H35ClN4O3/c1-15(2)25(19(28)29-20(3,4)5)13-16-9-8-10-24(12-16)18(27)21(6,7)26-14-17(22)11-23-26/h11,14-16H,8-10,12-13H2,1-7H3/t16-/m1/s1. The maximum absolute atomic E-state index is 13.2. The molecule has 2 amide bonds. The highest BCUT2D eigenvalue weighted by Crippen LogP contribution is 2.26. The average molecular weight is 427 g/mol. The third-order valence-electron chi connectivity index (χ3n) is 5.16. The van der Waals surface area contributed by atoms with E-state index in [1.807, 2.05) is 53.4 Å². The van der Waals surface area contributed by atoms with Crippen LogP contribution in [-0.2, 0) is 15.1 Å². The Balaban J connectivity index is 2.07. The summed E-state index contributed by atoms with van der Waals surface area (Å²) in [5, 5.41) is 4.73. The second kappa shape index (κ2) is 8.94. The molecule has 1 aliphatic heterocycles. The van der Waals surface area contributed by atoms with E-state index >= 15 is 0 Å². The molecule has 164 valence electrons. The van der Waals surface area contributed by atoms with Crippen molar-refractivity contribution in [3.05, 3.63) is 17.4 Å². The fourth-order valence-electron chi connectivity index (χ4n) is 3.58. The lowest BCUT2D eigenvalue weighted by molar-refractivity contribution is -0.141. The van der Waals surface area contributed by atoms with Crippen LogP contribution in [0.25, 0.3) is 0 Å². The lowest BCUT2D eigenvalue weighted by atomic mass is 9.94. The number of ether oxygens (including phenoxy) is 1. The van der Waals surface area contributed by atoms with Crippen molar-refractivity contribution in [2.45, 2.75) is 78.5 Å². The molecule has 1 fully saturated rings. The monoisotopic (exact) mass is 426 g/mol. The number of rotatable bonds is 5. The summed E-state index contributed by atoms with van der Waals surface area (Å²) >= 11 is 5.98. The lowest BCUT2D eigenvalue weighted by Crippen LogP contribution is -2.52. The van der Waals surface area contributed by atoms with Crippen LogP contribution in [0.2, 0.25) is 5.02 Å². The van der Waals surface area contributed by atoms with Gasteiger partial charge >= 0.3 is 6.09 Å². The molecule has 0 aliphatic carbocycles. The van der Waals surface area contributed by atoms with Crippen LogP contribution in [0.4, 0.5) is 4.79 Å². The van der Waals surface area contributed by atoms with Gasteiger partial charge in [0, 0.05) is 31.9 Å². The number of halogens is 1. The molecule has 1 aliphatic rings. The Bertz CT molecular complexity index is 724. The van der Waals surface area contributed by atoms with Gasteiger partial charge in [0.2, 0.25) is 5.91 Å². The van der Waals surface area contributed by atoms with E-state index in [1.165, 1.54) is 6.20 Å². The highest BCUT2D eigenvalue weighted by atomic mass is 35.5. The number of hydrogen-bond acceptors (Lipinski definition) is 4. The Morgan fingerprint density at radius 3 is 2.48 bits per heavy atom. The summed E-state index contributed by atoms with van der Waals surface area (Å²) < 4.78 is 7.19. The average Bonchev–Trinajstić information content (AvgIpc) is 3.04. The van der Waals surface area contributed by atoms with E-state index in [2.05, 4.69) is 5.10 Å². The summed E-state index contributed by atoms with van der Waals surface area (Å²) in [7, 11) is 0. The number of carbonyl (C=O) groups excluding carboxylic acids is 2. The molecule has 0 spiro atoms. The van der Waals surface area contributed by atoms with Crippen LogP contribution >= 0.6 is 11.6 Å². The number of amides is 2. The second-order valence-electron chi connectivity index (χ2n) is 9.65. The van der Waals surface area contributed by atoms with Gasteiger partial charge < -0.3 is 14.5 Å². The van der Waals surface area contributed by atoms with Gasteiger partial charge in [-0.05, 0) is 67.2 Å². The quantitative estimate of drug-likeness (QED) is 0.709. The van der Waals surface area contributed by atoms with Crippen LogP contribution in [0, 0.1) is 5.92 Å². The number of hydrogen-bond donors (Lipinski definition) is 0. The van der Waals surface area contributed by atoms with Gasteiger partial charge in [0.15, 0.2) is 0 Å². The summed E-state index contributed by atoms with van der Waals surface area (Å²) in [6.07, 6.45) is 4.79. The fourth-order valence-corrected chi connectivity index (χ4v) is 3.72. The van der Waals surface area contributed by atoms with E-state index in [1.54, 1.807) is 15.8 Å². The highest BCUT2D eigenvalue weighted by molar-refractivity contribution is 6.30. The molecular formula is C21H35ClN4O3. The van der Waals surface area contributed by atoms with Crippen LogP contribution in [-0.4, -0.2) is 62.9 Å². The van der Waals surface area contributed by atoms with E-state index in [4.69, 9.17) is 16.3 Å². The molecule has 0 unspecified atom stereocenters. The maximum atomic E-state index is 13.2. The van der Waals surface area contributed by atoms with Crippen LogP contribution in [0.5, 0.6) is 0 Å². The van der Waals surface area contributed by atoms with Gasteiger partial charge in [0.05, 0.1) is 11.2 Å². The Hall–Kier alpha value is -1.76. The van der Waals surface area contributed by atoms with Crippen LogP contribution in [0.1, 0.15) is 61.3 Å². The van der Waals surface area contributed by atoms with Gasteiger partial charge in [0.1, 0.15) is 11.1 Å². The van der Waals surface area contributed by atoms with Crippen molar-refractivity contribution in [2.75, 3.05) is 19.6 Å². The zero-order valence-electron chi connectivity index (χ0n) is 18.7. The zero-order valence-corrected chi connectivity index (χ0v) is 19.5. The van der Waals surface area contributed by atoms with Gasteiger partial charge in [-0.3, -0.25) is 9.48 Å². The lowest BCUT2D eigenvalue weighted by Gasteiger charge is -2.40. The third-order valence-corrected chi connectivity index (χ3v) is 5.35. The SMILES string of the molecule is CC(C)N(C[C@@H]1CCCN(C(=O)C(C)(C)n2cc(Cl)cn2)C1)C(=O)OC(C)(C)C. The van der Waals surface area contributed by atoms with Gasteiger partial charge in [-0.15, -0.1) is 0 Å². The molecule has 8 heteroatoms. The van der Waals surface area contributed by atoms with Crippen molar-refractivity contribution in [1.82, 2.24) is 19.6 Å². The molecule has 0 saturated carbocycles. The first-order chi connectivity index (χ1) is 13.3. The Kier molecular flexibility index (Phi) is 7.25. The molecule has 1 aromatic heterocycles. The van der Waals surface area contributed by atoms with E-state index in [0.29, 0.717) is 24.7 Å². The maximum Gasteiger partial charge on any atom is 0.410 e. The van der Waals surface area contributed by atoms with E-state index < -0.39 is 11.1 Å². The summed E-state index contributed by atoms with van der Waals surface area (Å²) in [5.41, 5.74) is -1.36. The van der Waals surface area contributed by atoms with Crippen molar-refractivity contribution in [3.8, 4) is 0 Å². The van der Waals surface area contributed by atoms with Crippen molar-refractivity contribution in [1.29, 1.82) is 0 Å². The molecule has 0 bridgehead atoms. The minimum Gasteiger partial charge on any atom is -0.444 e. The van der Waals surface area contributed by atoms with Crippen molar-refractivity contribution in [3.63, 3.8) is 0 Å². The van der Waals surface area contributed by atoms with Crippen LogP contribution < -0.4 is 0 Å². The number of aromatic nitrogens is 2. The predicted octanol–water partition coefficient (Wildman–Crippen LogP) is 4.16. The first-order valence-corrected chi connectivity index (χ1v) is 10.7. The number of carbonyl (C=O) groups is 2. The summed E-state index contributed by atoms with van der Waals surface area (Å²) in [4.78, 5) is 29.5. The van der Waals surface area contributed by atoms with Crippen LogP contribution in [0.15, 0.2) is 12.4 Å². The van der Waals surface area contributed by atoms with Gasteiger partial charge in [-0.1, -0.05) is 11.6 Å². The topological polar surface area (TPSA) is 67.7 Å². The molecule has 2 heterocycles. The summed E-state index contributed by atoms with van der Waals surface area (Å²) in [5.74, 6) is 0.218. The molecule has 0 aromatic carbocycles.